The third-order valence-corrected chi connectivity index (χ3v) is 8.84. The number of aryl methyl sites for hydroxylation is 2. The molecule has 6 nitrogen and oxygen atoms in total. The van der Waals surface area contributed by atoms with Crippen LogP contribution in [0.4, 0.5) is 0 Å². The van der Waals surface area contributed by atoms with Crippen LogP contribution in [-0.4, -0.2) is 57.5 Å². The molecule has 2 aliphatic heterocycles. The summed E-state index contributed by atoms with van der Waals surface area (Å²) < 4.78 is 8.32. The number of carbonyl (C=O) groups is 1. The Morgan fingerprint density at radius 3 is 2.59 bits per heavy atom. The van der Waals surface area contributed by atoms with Crippen LogP contribution in [0, 0.1) is 12.8 Å². The third kappa shape index (κ3) is 6.96. The zero-order valence-electron chi connectivity index (χ0n) is 23.6. The van der Waals surface area contributed by atoms with E-state index >= 15 is 0 Å². The summed E-state index contributed by atoms with van der Waals surface area (Å²) in [6.45, 7) is 9.77. The van der Waals surface area contributed by atoms with E-state index in [0.717, 1.165) is 73.5 Å². The predicted molar refractivity (Wildman–Crippen MR) is 158 cm³/mol. The van der Waals surface area contributed by atoms with Gasteiger partial charge in [-0.05, 0) is 101 Å². The Labute approximate surface area is 238 Å². The van der Waals surface area contributed by atoms with Crippen molar-refractivity contribution in [3.63, 3.8) is 0 Å². The molecule has 1 aromatic heterocycles. The number of likely N-dealkylation sites (tertiary alicyclic amines) is 2. The summed E-state index contributed by atoms with van der Waals surface area (Å²) in [7, 11) is 0. The summed E-state index contributed by atoms with van der Waals surface area (Å²) in [5.74, 6) is 1.93. The van der Waals surface area contributed by atoms with E-state index in [1.807, 2.05) is 24.3 Å². The molecule has 3 aromatic rings. The van der Waals surface area contributed by atoms with E-state index in [1.54, 1.807) is 0 Å². The van der Waals surface area contributed by atoms with Gasteiger partial charge >= 0.3 is 0 Å². The highest BCUT2D eigenvalue weighted by atomic mass is 35.5. The number of benzene rings is 2. The van der Waals surface area contributed by atoms with Crippen molar-refractivity contribution < 1.29 is 9.53 Å². The van der Waals surface area contributed by atoms with E-state index in [-0.39, 0.29) is 5.92 Å². The van der Waals surface area contributed by atoms with Crippen LogP contribution in [0.5, 0.6) is 5.75 Å². The minimum absolute atomic E-state index is 0.0344. The fraction of sp³-hybridized carbons (Fsp3) is 0.562. The molecule has 39 heavy (non-hydrogen) atoms. The van der Waals surface area contributed by atoms with E-state index in [0.29, 0.717) is 23.6 Å². The van der Waals surface area contributed by atoms with Crippen molar-refractivity contribution in [2.75, 3.05) is 26.2 Å². The standard InChI is InChI=1S/C32H43ClN4O2/c1-24-9-8-11-29-31(24)34-30(23-39-28-14-12-26(33)13-15-28)37(29)22-16-25(2)32(38)36-20-7-4-10-27(36)17-21-35-18-5-3-6-19-35/h8-9,11-15,25,27H,3-7,10,16-23H2,1-2H3/t25-,27?/m0/s1. The lowest BCUT2D eigenvalue weighted by molar-refractivity contribution is -0.139. The van der Waals surface area contributed by atoms with Gasteiger partial charge in [-0.1, -0.05) is 37.1 Å². The normalized spacial score (nSPS) is 19.4. The predicted octanol–water partition coefficient (Wildman–Crippen LogP) is 6.86. The highest BCUT2D eigenvalue weighted by Gasteiger charge is 2.30. The number of hydrogen-bond donors (Lipinski definition) is 0. The van der Waals surface area contributed by atoms with Gasteiger partial charge in [-0.15, -0.1) is 0 Å². The zero-order chi connectivity index (χ0) is 27.2. The molecule has 3 heterocycles. The maximum absolute atomic E-state index is 13.7. The van der Waals surface area contributed by atoms with Crippen molar-refractivity contribution in [2.24, 2.45) is 5.92 Å². The lowest BCUT2D eigenvalue weighted by atomic mass is 9.95. The fourth-order valence-electron chi connectivity index (χ4n) is 6.21. The number of hydrogen-bond acceptors (Lipinski definition) is 4. The van der Waals surface area contributed by atoms with Crippen molar-refractivity contribution in [3.8, 4) is 5.75 Å². The highest BCUT2D eigenvalue weighted by molar-refractivity contribution is 6.30. The number of fused-ring (bicyclic) bond motifs is 1. The zero-order valence-corrected chi connectivity index (χ0v) is 24.3. The largest absolute Gasteiger partial charge is 0.486 e. The minimum Gasteiger partial charge on any atom is -0.486 e. The maximum Gasteiger partial charge on any atom is 0.225 e. The molecular formula is C32H43ClN4O2. The molecule has 1 unspecified atom stereocenters. The number of rotatable bonds is 10. The van der Waals surface area contributed by atoms with E-state index in [1.165, 1.54) is 38.8 Å². The molecule has 7 heteroatoms. The van der Waals surface area contributed by atoms with Crippen molar-refractivity contribution in [1.82, 2.24) is 19.4 Å². The Hall–Kier alpha value is -2.57. The van der Waals surface area contributed by atoms with Crippen molar-refractivity contribution in [3.05, 3.63) is 58.9 Å². The van der Waals surface area contributed by atoms with Gasteiger partial charge in [0, 0.05) is 36.6 Å². The first-order valence-electron chi connectivity index (χ1n) is 14.9. The second kappa shape index (κ2) is 13.2. The summed E-state index contributed by atoms with van der Waals surface area (Å²) in [6, 6.07) is 14.1. The number of aromatic nitrogens is 2. The molecule has 5 rings (SSSR count). The molecular weight excluding hydrogens is 508 g/mol. The summed E-state index contributed by atoms with van der Waals surface area (Å²) in [4.78, 5) is 23.5. The summed E-state index contributed by atoms with van der Waals surface area (Å²) in [5.41, 5.74) is 3.25. The van der Waals surface area contributed by atoms with Gasteiger partial charge < -0.3 is 19.1 Å². The molecule has 0 N–H and O–H groups in total. The third-order valence-electron chi connectivity index (χ3n) is 8.59. The van der Waals surface area contributed by atoms with Crippen LogP contribution in [0.3, 0.4) is 0 Å². The van der Waals surface area contributed by atoms with E-state index in [2.05, 4.69) is 46.4 Å². The van der Waals surface area contributed by atoms with Crippen LogP contribution in [-0.2, 0) is 17.9 Å². The SMILES string of the molecule is Cc1cccc2c1nc(COc1ccc(Cl)cc1)n2CC[C@H](C)C(=O)N1CCCCC1CCN1CCCCC1. The molecule has 210 valence electrons. The number of carbonyl (C=O) groups excluding carboxylic acids is 1. The van der Waals surface area contributed by atoms with Crippen LogP contribution >= 0.6 is 11.6 Å². The topological polar surface area (TPSA) is 50.6 Å². The van der Waals surface area contributed by atoms with Gasteiger partial charge in [0.05, 0.1) is 11.0 Å². The molecule has 2 fully saturated rings. The monoisotopic (exact) mass is 550 g/mol. The van der Waals surface area contributed by atoms with E-state index < -0.39 is 0 Å². The van der Waals surface area contributed by atoms with E-state index in [4.69, 9.17) is 21.3 Å². The van der Waals surface area contributed by atoms with Gasteiger partial charge in [0.25, 0.3) is 0 Å². The van der Waals surface area contributed by atoms with Crippen molar-refractivity contribution >= 4 is 28.5 Å². The average Bonchev–Trinajstić information content (AvgIpc) is 3.33. The maximum atomic E-state index is 13.7. The number of amides is 1. The smallest absolute Gasteiger partial charge is 0.225 e. The molecule has 2 atom stereocenters. The summed E-state index contributed by atoms with van der Waals surface area (Å²) in [6.07, 6.45) is 9.39. The Balaban J connectivity index is 1.24. The summed E-state index contributed by atoms with van der Waals surface area (Å²) in [5, 5.41) is 0.686. The molecule has 0 saturated carbocycles. The molecule has 2 aromatic carbocycles. The van der Waals surface area contributed by atoms with Gasteiger partial charge in [-0.25, -0.2) is 4.98 Å². The highest BCUT2D eigenvalue weighted by Crippen LogP contribution is 2.26. The van der Waals surface area contributed by atoms with Crippen LogP contribution in [0.25, 0.3) is 11.0 Å². The number of ether oxygens (including phenoxy) is 1. The number of para-hydroxylation sites is 1. The lowest BCUT2D eigenvalue weighted by Gasteiger charge is -2.39. The first-order chi connectivity index (χ1) is 19.0. The van der Waals surface area contributed by atoms with Crippen LogP contribution in [0.1, 0.15) is 69.7 Å². The molecule has 2 saturated heterocycles. The first kappa shape index (κ1) is 28.0. The van der Waals surface area contributed by atoms with Crippen molar-refractivity contribution in [1.29, 1.82) is 0 Å². The second-order valence-electron chi connectivity index (χ2n) is 11.4. The molecule has 0 spiro atoms. The van der Waals surface area contributed by atoms with Gasteiger partial charge in [-0.2, -0.15) is 0 Å². The molecule has 2 aliphatic rings. The second-order valence-corrected chi connectivity index (χ2v) is 11.9. The fourth-order valence-corrected chi connectivity index (χ4v) is 6.33. The summed E-state index contributed by atoms with van der Waals surface area (Å²) >= 11 is 6.03. The lowest BCUT2D eigenvalue weighted by Crippen LogP contribution is -2.47. The number of piperidine rings is 2. The number of halogens is 1. The number of nitrogens with zero attached hydrogens (tertiary/aromatic N) is 4. The van der Waals surface area contributed by atoms with E-state index in [9.17, 15) is 4.79 Å². The van der Waals surface area contributed by atoms with Gasteiger partial charge in [0.1, 0.15) is 18.2 Å². The molecule has 1 amide bonds. The molecule has 0 aliphatic carbocycles. The average molecular weight is 551 g/mol. The Kier molecular flexibility index (Phi) is 9.46. The first-order valence-corrected chi connectivity index (χ1v) is 15.2. The Bertz CT molecular complexity index is 1230. The van der Waals surface area contributed by atoms with Gasteiger partial charge in [0.15, 0.2) is 0 Å². The Morgan fingerprint density at radius 2 is 1.79 bits per heavy atom. The number of imidazole rings is 1. The molecule has 0 bridgehead atoms. The molecule has 0 radical (unpaired) electrons. The van der Waals surface area contributed by atoms with Gasteiger partial charge in [0.2, 0.25) is 5.91 Å². The van der Waals surface area contributed by atoms with Crippen LogP contribution in [0.15, 0.2) is 42.5 Å². The minimum atomic E-state index is -0.0344. The van der Waals surface area contributed by atoms with Gasteiger partial charge in [-0.3, -0.25) is 4.79 Å². The Morgan fingerprint density at radius 1 is 1.03 bits per heavy atom. The quantitative estimate of drug-likeness (QED) is 0.277. The van der Waals surface area contributed by atoms with Crippen molar-refractivity contribution in [2.45, 2.75) is 84.4 Å². The van der Waals surface area contributed by atoms with Crippen LogP contribution < -0.4 is 4.74 Å². The van der Waals surface area contributed by atoms with Crippen LogP contribution in [0.2, 0.25) is 5.02 Å².